The third-order valence-corrected chi connectivity index (χ3v) is 3.44. The van der Waals surface area contributed by atoms with Crippen LogP contribution in [0.3, 0.4) is 0 Å². The van der Waals surface area contributed by atoms with Crippen LogP contribution in [0.1, 0.15) is 54.9 Å². The molecule has 2 nitrogen and oxygen atoms in total. The smallest absolute Gasteiger partial charge is 0.0471 e. The molecule has 0 bridgehead atoms. The van der Waals surface area contributed by atoms with Gasteiger partial charge in [0, 0.05) is 25.3 Å². The second kappa shape index (κ2) is 6.61. The minimum absolute atomic E-state index is 0.196. The van der Waals surface area contributed by atoms with Gasteiger partial charge in [-0.2, -0.15) is 0 Å². The number of hydrogen-bond donors (Lipinski definition) is 1. The van der Waals surface area contributed by atoms with Crippen molar-refractivity contribution in [2.75, 3.05) is 19.8 Å². The van der Waals surface area contributed by atoms with Crippen LogP contribution in [0.5, 0.6) is 0 Å². The number of ether oxygens (including phenoxy) is 1. The highest BCUT2D eigenvalue weighted by molar-refractivity contribution is 4.83. The Labute approximate surface area is 102 Å². The van der Waals surface area contributed by atoms with E-state index in [9.17, 15) is 0 Å². The third kappa shape index (κ3) is 6.49. The molecule has 0 saturated heterocycles. The molecule has 0 aromatic heterocycles. The van der Waals surface area contributed by atoms with E-state index in [1.165, 1.54) is 0 Å². The molecule has 1 N–H and O–H groups in total. The van der Waals surface area contributed by atoms with Gasteiger partial charge in [0.25, 0.3) is 0 Å². The molecule has 2 heteroatoms. The van der Waals surface area contributed by atoms with E-state index >= 15 is 0 Å². The highest BCUT2D eigenvalue weighted by Gasteiger charge is 2.29. The van der Waals surface area contributed by atoms with Crippen LogP contribution in [0, 0.1) is 11.3 Å². The van der Waals surface area contributed by atoms with Gasteiger partial charge in [-0.05, 0) is 45.4 Å². The predicted octanol–water partition coefficient (Wildman–Crippen LogP) is 3.46. The van der Waals surface area contributed by atoms with E-state index in [0.29, 0.717) is 11.3 Å². The molecule has 1 unspecified atom stereocenters. The van der Waals surface area contributed by atoms with Crippen molar-refractivity contribution in [3.63, 3.8) is 0 Å². The molecule has 0 amide bonds. The molecule has 0 heterocycles. The van der Waals surface area contributed by atoms with Gasteiger partial charge in [0.15, 0.2) is 0 Å². The maximum Gasteiger partial charge on any atom is 0.0471 e. The lowest BCUT2D eigenvalue weighted by atomic mass is 9.76. The van der Waals surface area contributed by atoms with Gasteiger partial charge in [0.1, 0.15) is 0 Å². The van der Waals surface area contributed by atoms with E-state index in [4.69, 9.17) is 4.74 Å². The van der Waals surface area contributed by atoms with Crippen molar-refractivity contribution in [2.45, 2.75) is 60.4 Å². The quantitative estimate of drug-likeness (QED) is 0.675. The van der Waals surface area contributed by atoms with E-state index in [2.05, 4.69) is 53.8 Å². The first-order valence-corrected chi connectivity index (χ1v) is 6.54. The topological polar surface area (TPSA) is 21.3 Å². The second-order valence-electron chi connectivity index (χ2n) is 6.36. The maximum atomic E-state index is 5.48. The van der Waals surface area contributed by atoms with Crippen LogP contribution in [0.4, 0.5) is 0 Å². The van der Waals surface area contributed by atoms with Crippen LogP contribution in [-0.2, 0) is 4.74 Å². The standard InChI is InChI=1S/C14H31NO/c1-8-16-10-9-14(7,12(2)3)11-15-13(4,5)6/h12,15H,8-11H2,1-7H3. The summed E-state index contributed by atoms with van der Waals surface area (Å²) in [7, 11) is 0. The van der Waals surface area contributed by atoms with Crippen LogP contribution in [-0.4, -0.2) is 25.3 Å². The summed E-state index contributed by atoms with van der Waals surface area (Å²) in [5, 5.41) is 3.62. The van der Waals surface area contributed by atoms with Gasteiger partial charge in [-0.1, -0.05) is 20.8 Å². The molecule has 0 fully saturated rings. The minimum Gasteiger partial charge on any atom is -0.382 e. The van der Waals surface area contributed by atoms with Gasteiger partial charge in [0.05, 0.1) is 0 Å². The van der Waals surface area contributed by atoms with Gasteiger partial charge in [0.2, 0.25) is 0 Å². The summed E-state index contributed by atoms with van der Waals surface area (Å²) in [6.07, 6.45) is 1.13. The highest BCUT2D eigenvalue weighted by atomic mass is 16.5. The van der Waals surface area contributed by atoms with E-state index in [1.54, 1.807) is 0 Å². The van der Waals surface area contributed by atoms with Crippen LogP contribution in [0.2, 0.25) is 0 Å². The summed E-state index contributed by atoms with van der Waals surface area (Å²) in [4.78, 5) is 0. The summed E-state index contributed by atoms with van der Waals surface area (Å²) in [6.45, 7) is 18.4. The van der Waals surface area contributed by atoms with Crippen LogP contribution in [0.25, 0.3) is 0 Å². The molecule has 16 heavy (non-hydrogen) atoms. The van der Waals surface area contributed by atoms with Gasteiger partial charge < -0.3 is 10.1 Å². The molecule has 0 radical (unpaired) electrons. The Morgan fingerprint density at radius 1 is 1.12 bits per heavy atom. The molecule has 0 aliphatic carbocycles. The van der Waals surface area contributed by atoms with Crippen molar-refractivity contribution in [1.82, 2.24) is 5.32 Å². The second-order valence-corrected chi connectivity index (χ2v) is 6.36. The van der Waals surface area contributed by atoms with Crippen LogP contribution < -0.4 is 5.32 Å². The molecule has 0 spiro atoms. The van der Waals surface area contributed by atoms with E-state index in [-0.39, 0.29) is 5.54 Å². The first-order valence-electron chi connectivity index (χ1n) is 6.54. The Morgan fingerprint density at radius 3 is 2.06 bits per heavy atom. The average molecular weight is 229 g/mol. The largest absolute Gasteiger partial charge is 0.382 e. The molecular weight excluding hydrogens is 198 g/mol. The van der Waals surface area contributed by atoms with E-state index < -0.39 is 0 Å². The lowest BCUT2D eigenvalue weighted by Gasteiger charge is -2.37. The van der Waals surface area contributed by atoms with E-state index in [0.717, 1.165) is 26.2 Å². The fourth-order valence-corrected chi connectivity index (χ4v) is 1.50. The Balaban J connectivity index is 4.22. The number of nitrogens with one attached hydrogen (secondary N) is 1. The predicted molar refractivity (Wildman–Crippen MR) is 71.8 cm³/mol. The Morgan fingerprint density at radius 2 is 1.69 bits per heavy atom. The monoisotopic (exact) mass is 229 g/mol. The van der Waals surface area contributed by atoms with Crippen molar-refractivity contribution in [3.05, 3.63) is 0 Å². The van der Waals surface area contributed by atoms with Crippen molar-refractivity contribution < 1.29 is 4.74 Å². The fourth-order valence-electron chi connectivity index (χ4n) is 1.50. The maximum absolute atomic E-state index is 5.48. The first kappa shape index (κ1) is 15.9. The third-order valence-electron chi connectivity index (χ3n) is 3.44. The Bertz CT molecular complexity index is 184. The molecule has 0 saturated carbocycles. The summed E-state index contributed by atoms with van der Waals surface area (Å²) in [5.74, 6) is 0.669. The summed E-state index contributed by atoms with van der Waals surface area (Å²) in [5.41, 5.74) is 0.518. The zero-order valence-electron chi connectivity index (χ0n) is 12.3. The van der Waals surface area contributed by atoms with Gasteiger partial charge in [-0.3, -0.25) is 0 Å². The summed E-state index contributed by atoms with van der Waals surface area (Å²) < 4.78 is 5.48. The van der Waals surface area contributed by atoms with Crippen molar-refractivity contribution in [3.8, 4) is 0 Å². The number of rotatable bonds is 7. The van der Waals surface area contributed by atoms with Gasteiger partial charge in [-0.25, -0.2) is 0 Å². The average Bonchev–Trinajstić information content (AvgIpc) is 2.14. The molecule has 0 rings (SSSR count). The molecule has 0 aromatic rings. The summed E-state index contributed by atoms with van der Waals surface area (Å²) in [6, 6.07) is 0. The first-order chi connectivity index (χ1) is 7.21. The Kier molecular flexibility index (Phi) is 6.57. The van der Waals surface area contributed by atoms with E-state index in [1.807, 2.05) is 0 Å². The van der Waals surface area contributed by atoms with Crippen molar-refractivity contribution in [1.29, 1.82) is 0 Å². The van der Waals surface area contributed by atoms with Crippen LogP contribution >= 0.6 is 0 Å². The zero-order chi connectivity index (χ0) is 12.8. The van der Waals surface area contributed by atoms with Gasteiger partial charge >= 0.3 is 0 Å². The lowest BCUT2D eigenvalue weighted by molar-refractivity contribution is 0.0822. The SMILES string of the molecule is CCOCCC(C)(CNC(C)(C)C)C(C)C. The molecule has 98 valence electrons. The van der Waals surface area contributed by atoms with Gasteiger partial charge in [-0.15, -0.1) is 0 Å². The zero-order valence-corrected chi connectivity index (χ0v) is 12.3. The fraction of sp³-hybridized carbons (Fsp3) is 1.00. The van der Waals surface area contributed by atoms with Crippen molar-refractivity contribution in [2.24, 2.45) is 11.3 Å². The Hall–Kier alpha value is -0.0800. The minimum atomic E-state index is 0.196. The highest BCUT2D eigenvalue weighted by Crippen LogP contribution is 2.30. The summed E-state index contributed by atoms with van der Waals surface area (Å²) >= 11 is 0. The number of hydrogen-bond acceptors (Lipinski definition) is 2. The molecular formula is C14H31NO. The molecule has 1 atom stereocenters. The normalized spacial score (nSPS) is 16.5. The molecule has 0 aromatic carbocycles. The molecule has 0 aliphatic rings. The van der Waals surface area contributed by atoms with Crippen LogP contribution in [0.15, 0.2) is 0 Å². The van der Waals surface area contributed by atoms with Crippen molar-refractivity contribution >= 4 is 0 Å². The molecule has 0 aliphatic heterocycles. The lowest BCUT2D eigenvalue weighted by Crippen LogP contribution is -2.45.